The number of thiophene rings is 1. The molecule has 2 N–H and O–H groups in total. The first-order valence-corrected chi connectivity index (χ1v) is 10.6. The van der Waals surface area contributed by atoms with E-state index in [1.54, 1.807) is 12.1 Å². The summed E-state index contributed by atoms with van der Waals surface area (Å²) in [6.45, 7) is 1.92. The molecule has 30 heavy (non-hydrogen) atoms. The lowest BCUT2D eigenvalue weighted by atomic mass is 10.1. The molecular weight excluding hydrogens is 422 g/mol. The molecule has 1 aromatic carbocycles. The molecule has 0 radical (unpaired) electrons. The molecule has 0 fully saturated rings. The van der Waals surface area contributed by atoms with E-state index >= 15 is 0 Å². The quantitative estimate of drug-likeness (QED) is 0.407. The third-order valence-corrected chi connectivity index (χ3v) is 5.68. The van der Waals surface area contributed by atoms with Crippen LogP contribution in [0, 0.1) is 5.41 Å². The number of likely N-dealkylation sites (N-methyl/N-ethyl adjacent to an activating group) is 2. The highest BCUT2D eigenvalue weighted by molar-refractivity contribution is 7.17. The lowest BCUT2D eigenvalue weighted by Crippen LogP contribution is -2.33. The van der Waals surface area contributed by atoms with Crippen LogP contribution < -0.4 is 5.32 Å². The predicted molar refractivity (Wildman–Crippen MR) is 120 cm³/mol. The summed E-state index contributed by atoms with van der Waals surface area (Å²) in [7, 11) is 5.94. The van der Waals surface area contributed by atoms with Crippen LogP contribution in [0.2, 0.25) is 4.34 Å². The molecule has 9 heteroatoms. The molecule has 0 saturated carbocycles. The van der Waals surface area contributed by atoms with Gasteiger partial charge in [-0.15, -0.1) is 11.3 Å². The molecule has 0 aliphatic carbocycles. The molecule has 3 rings (SSSR count). The van der Waals surface area contributed by atoms with Crippen molar-refractivity contribution in [1.82, 2.24) is 20.1 Å². The summed E-state index contributed by atoms with van der Waals surface area (Å²) in [4.78, 5) is 21.1. The number of aromatic nitrogens is 1. The number of carbonyl (C=O) groups is 1. The summed E-state index contributed by atoms with van der Waals surface area (Å²) in [6.07, 6.45) is 1.53. The van der Waals surface area contributed by atoms with Crippen molar-refractivity contribution < 1.29 is 9.21 Å². The molecule has 1 amide bonds. The van der Waals surface area contributed by atoms with E-state index < -0.39 is 0 Å². The van der Waals surface area contributed by atoms with E-state index in [1.807, 2.05) is 50.3 Å². The zero-order valence-electron chi connectivity index (χ0n) is 17.1. The Bertz CT molecular complexity index is 1010. The third-order valence-electron chi connectivity index (χ3n) is 4.45. The van der Waals surface area contributed by atoms with Crippen LogP contribution in [-0.2, 0) is 6.54 Å². The molecule has 0 unspecified atom stereocenters. The lowest BCUT2D eigenvalue weighted by Gasteiger charge is -2.22. The Morgan fingerprint density at radius 3 is 2.53 bits per heavy atom. The maximum absolute atomic E-state index is 12.1. The first kappa shape index (κ1) is 22.0. The van der Waals surface area contributed by atoms with Gasteiger partial charge in [0.1, 0.15) is 12.1 Å². The Morgan fingerprint density at radius 2 is 1.90 bits per heavy atom. The van der Waals surface area contributed by atoms with Crippen LogP contribution in [0.1, 0.15) is 20.9 Å². The Kier molecular flexibility index (Phi) is 7.25. The maximum atomic E-state index is 12.1. The van der Waals surface area contributed by atoms with Crippen molar-refractivity contribution in [2.45, 2.75) is 6.54 Å². The molecule has 158 valence electrons. The van der Waals surface area contributed by atoms with Gasteiger partial charge in [-0.2, -0.15) is 0 Å². The Labute approximate surface area is 184 Å². The van der Waals surface area contributed by atoms with Gasteiger partial charge in [0.25, 0.3) is 5.91 Å². The number of hydrogen-bond acceptors (Lipinski definition) is 6. The van der Waals surface area contributed by atoms with Crippen molar-refractivity contribution in [3.63, 3.8) is 0 Å². The highest BCUT2D eigenvalue weighted by Crippen LogP contribution is 2.22. The summed E-state index contributed by atoms with van der Waals surface area (Å²) in [5, 5.41) is 11.2. The number of rotatable bonds is 8. The Morgan fingerprint density at radius 1 is 1.17 bits per heavy atom. The van der Waals surface area contributed by atoms with Gasteiger partial charge in [-0.25, -0.2) is 4.98 Å². The zero-order chi connectivity index (χ0) is 21.7. The number of nitrogens with one attached hydrogen (secondary N) is 2. The van der Waals surface area contributed by atoms with Crippen molar-refractivity contribution in [3.8, 4) is 11.5 Å². The second-order valence-electron chi connectivity index (χ2n) is 7.08. The number of benzene rings is 1. The first-order valence-electron chi connectivity index (χ1n) is 9.36. The van der Waals surface area contributed by atoms with Gasteiger partial charge < -0.3 is 19.5 Å². The molecule has 0 aliphatic heterocycles. The van der Waals surface area contributed by atoms with Gasteiger partial charge in [-0.05, 0) is 38.4 Å². The molecule has 7 nitrogen and oxygen atoms in total. The molecule has 0 atom stereocenters. The number of carbonyl (C=O) groups excluding carboxylic acids is 1. The standard InChI is InChI=1S/C21H24ClN5O2S/c1-26(2)10-11-27(3)19(23)14-4-6-15(7-5-14)21-25-16(13-29-21)12-24-20(28)17-8-9-18(22)30-17/h4-9,13,23H,10-12H2,1-3H3,(H,24,28). The van der Waals surface area contributed by atoms with Crippen molar-refractivity contribution in [2.75, 3.05) is 34.2 Å². The van der Waals surface area contributed by atoms with Crippen molar-refractivity contribution in [1.29, 1.82) is 5.41 Å². The van der Waals surface area contributed by atoms with Crippen LogP contribution in [-0.4, -0.2) is 60.8 Å². The molecule has 0 saturated heterocycles. The minimum atomic E-state index is -0.197. The largest absolute Gasteiger partial charge is 0.444 e. The van der Waals surface area contributed by atoms with Crippen LogP contribution in [0.25, 0.3) is 11.5 Å². The number of hydrogen-bond donors (Lipinski definition) is 2. The monoisotopic (exact) mass is 445 g/mol. The summed E-state index contributed by atoms with van der Waals surface area (Å²) in [5.74, 6) is 0.739. The average molecular weight is 446 g/mol. The van der Waals surface area contributed by atoms with E-state index in [2.05, 4.69) is 15.2 Å². The molecule has 2 heterocycles. The van der Waals surface area contributed by atoms with Crippen LogP contribution in [0.4, 0.5) is 0 Å². The third kappa shape index (κ3) is 5.69. The highest BCUT2D eigenvalue weighted by Gasteiger charge is 2.12. The van der Waals surface area contributed by atoms with Gasteiger partial charge in [-0.3, -0.25) is 10.2 Å². The molecular formula is C21H24ClN5O2S. The number of oxazole rings is 1. The van der Waals surface area contributed by atoms with E-state index in [4.69, 9.17) is 21.4 Å². The summed E-state index contributed by atoms with van der Waals surface area (Å²) in [5.41, 5.74) is 2.26. The van der Waals surface area contributed by atoms with Crippen LogP contribution in [0.5, 0.6) is 0 Å². The first-order chi connectivity index (χ1) is 14.3. The van der Waals surface area contributed by atoms with Crippen molar-refractivity contribution >= 4 is 34.7 Å². The van der Waals surface area contributed by atoms with Crippen LogP contribution in [0.3, 0.4) is 0 Å². The van der Waals surface area contributed by atoms with E-state index in [0.29, 0.717) is 26.6 Å². The molecule has 0 aliphatic rings. The topological polar surface area (TPSA) is 85.5 Å². The van der Waals surface area contributed by atoms with Crippen LogP contribution >= 0.6 is 22.9 Å². The van der Waals surface area contributed by atoms with Crippen molar-refractivity contribution in [3.05, 3.63) is 63.1 Å². The second-order valence-corrected chi connectivity index (χ2v) is 8.80. The zero-order valence-corrected chi connectivity index (χ0v) is 18.7. The maximum Gasteiger partial charge on any atom is 0.261 e. The SMILES string of the molecule is CN(C)CCN(C)C(=N)c1ccc(-c2nc(CNC(=O)c3ccc(Cl)s3)co2)cc1. The fourth-order valence-corrected chi connectivity index (χ4v) is 3.63. The second kappa shape index (κ2) is 9.88. The lowest BCUT2D eigenvalue weighted by molar-refractivity contribution is 0.0954. The van der Waals surface area contributed by atoms with Crippen molar-refractivity contribution in [2.24, 2.45) is 0 Å². The summed E-state index contributed by atoms with van der Waals surface area (Å²) >= 11 is 7.09. The van der Waals surface area contributed by atoms with E-state index in [-0.39, 0.29) is 12.5 Å². The fourth-order valence-electron chi connectivity index (χ4n) is 2.67. The van der Waals surface area contributed by atoms with E-state index in [0.717, 1.165) is 24.2 Å². The smallest absolute Gasteiger partial charge is 0.261 e. The van der Waals surface area contributed by atoms with Gasteiger partial charge >= 0.3 is 0 Å². The van der Waals surface area contributed by atoms with Gasteiger partial charge in [0.05, 0.1) is 21.5 Å². The van der Waals surface area contributed by atoms with Crippen LogP contribution in [0.15, 0.2) is 47.1 Å². The number of nitrogens with zero attached hydrogens (tertiary/aromatic N) is 3. The highest BCUT2D eigenvalue weighted by atomic mass is 35.5. The Balaban J connectivity index is 1.58. The molecule has 0 spiro atoms. The van der Waals surface area contributed by atoms with Gasteiger partial charge in [0.2, 0.25) is 5.89 Å². The molecule has 3 aromatic rings. The van der Waals surface area contributed by atoms with E-state index in [1.165, 1.54) is 17.6 Å². The molecule has 0 bridgehead atoms. The summed E-state index contributed by atoms with van der Waals surface area (Å²) < 4.78 is 6.13. The van der Waals surface area contributed by atoms with Gasteiger partial charge in [0, 0.05) is 31.3 Å². The van der Waals surface area contributed by atoms with Gasteiger partial charge in [-0.1, -0.05) is 23.7 Å². The van der Waals surface area contributed by atoms with E-state index in [9.17, 15) is 4.79 Å². The summed E-state index contributed by atoms with van der Waals surface area (Å²) in [6, 6.07) is 10.9. The number of halogens is 1. The predicted octanol–water partition coefficient (Wildman–Crippen LogP) is 3.81. The Hall–Kier alpha value is -2.68. The minimum Gasteiger partial charge on any atom is -0.444 e. The normalized spacial score (nSPS) is 11.0. The minimum absolute atomic E-state index is 0.197. The number of amides is 1. The average Bonchev–Trinajstić information content (AvgIpc) is 3.39. The van der Waals surface area contributed by atoms with Gasteiger partial charge in [0.15, 0.2) is 0 Å². The fraction of sp³-hybridized carbons (Fsp3) is 0.286. The number of amidine groups is 1. The molecule has 2 aromatic heterocycles.